The quantitative estimate of drug-likeness (QED) is 0.430. The van der Waals surface area contributed by atoms with E-state index < -0.39 is 13.7 Å². The summed E-state index contributed by atoms with van der Waals surface area (Å²) in [5.41, 5.74) is 0. The molecule has 0 amide bonds. The van der Waals surface area contributed by atoms with Crippen molar-refractivity contribution < 1.29 is 13.6 Å². The molecule has 2 aromatic carbocycles. The third-order valence-corrected chi connectivity index (χ3v) is 8.37. The van der Waals surface area contributed by atoms with Gasteiger partial charge in [0.15, 0.2) is 0 Å². The van der Waals surface area contributed by atoms with Crippen molar-refractivity contribution in [2.75, 3.05) is 13.1 Å². The molecule has 136 valence electrons. The topological polar surface area (TPSA) is 51.1 Å². The second-order valence-corrected chi connectivity index (χ2v) is 11.7. The summed E-state index contributed by atoms with van der Waals surface area (Å²) in [7, 11) is -3.24. The number of rotatable bonds is 8. The second-order valence-electron chi connectivity index (χ2n) is 4.96. The molecule has 0 aromatic heterocycles. The average molecular weight is 421 g/mol. The fraction of sp³-hybridized carbons (Fsp3) is 0.250. The van der Waals surface area contributed by atoms with Gasteiger partial charge in [0.2, 0.25) is 0 Å². The van der Waals surface area contributed by atoms with Crippen LogP contribution in [0.3, 0.4) is 0 Å². The van der Waals surface area contributed by atoms with Crippen LogP contribution in [0.2, 0.25) is 0 Å². The summed E-state index contributed by atoms with van der Waals surface area (Å²) in [6, 6.07) is 18.1. The molecule has 5 nitrogen and oxygen atoms in total. The molecule has 0 aliphatic carbocycles. The number of halogens is 2. The largest absolute Gasteiger partial charge is 0.419 e. The van der Waals surface area contributed by atoms with E-state index in [1.807, 2.05) is 54.9 Å². The van der Waals surface area contributed by atoms with Gasteiger partial charge in [-0.3, -0.25) is 4.57 Å². The molecular weight excluding hydrogens is 401 g/mol. The zero-order chi connectivity index (χ0) is 18.3. The predicted octanol–water partition coefficient (Wildman–Crippen LogP) is 7.02. The maximum Gasteiger partial charge on any atom is 0.405 e. The van der Waals surface area contributed by atoms with Crippen LogP contribution < -0.4 is 9.05 Å². The van der Waals surface area contributed by atoms with E-state index in [9.17, 15) is 4.57 Å². The van der Waals surface area contributed by atoms with Gasteiger partial charge in [-0.05, 0) is 46.7 Å². The van der Waals surface area contributed by atoms with Gasteiger partial charge in [-0.2, -0.15) is 0 Å². The monoisotopic (exact) mass is 420 g/mol. The minimum atomic E-state index is -3.81. The Balaban J connectivity index is 2.60. The van der Waals surface area contributed by atoms with Crippen LogP contribution in [0.25, 0.3) is 0 Å². The lowest BCUT2D eigenvalue weighted by Crippen LogP contribution is -2.25. The second kappa shape index (κ2) is 9.12. The summed E-state index contributed by atoms with van der Waals surface area (Å²) >= 11 is 11.6. The van der Waals surface area contributed by atoms with Gasteiger partial charge in [0.25, 0.3) is 0 Å². The predicted molar refractivity (Wildman–Crippen MR) is 106 cm³/mol. The highest BCUT2D eigenvalue weighted by Gasteiger charge is 2.36. The van der Waals surface area contributed by atoms with Gasteiger partial charge in [-0.15, -0.1) is 4.52 Å². The molecule has 0 radical (unpaired) electrons. The third kappa shape index (κ3) is 6.06. The minimum Gasteiger partial charge on any atom is -0.419 e. The average Bonchev–Trinajstić information content (AvgIpc) is 2.56. The normalized spacial score (nSPS) is 12.0. The molecule has 25 heavy (non-hydrogen) atoms. The molecule has 2 rings (SSSR count). The zero-order valence-electron chi connectivity index (χ0n) is 14.0. The van der Waals surface area contributed by atoms with Crippen LogP contribution in [0.1, 0.15) is 13.8 Å². The zero-order valence-corrected chi connectivity index (χ0v) is 17.3. The molecule has 9 heteroatoms. The van der Waals surface area contributed by atoms with Crippen molar-refractivity contribution in [3.8, 4) is 11.5 Å². The Morgan fingerprint density at radius 1 is 0.880 bits per heavy atom. The highest BCUT2D eigenvalue weighted by molar-refractivity contribution is 8.09. The Kier molecular flexibility index (Phi) is 7.42. The summed E-state index contributed by atoms with van der Waals surface area (Å²) in [4.78, 5) is 0. The number of nitrogens with zero attached hydrogens (tertiary/aromatic N) is 2. The van der Waals surface area contributed by atoms with E-state index in [2.05, 4.69) is 4.52 Å². The van der Waals surface area contributed by atoms with Gasteiger partial charge in [0, 0.05) is 13.1 Å². The molecule has 0 aliphatic rings. The van der Waals surface area contributed by atoms with Gasteiger partial charge in [-0.25, -0.2) is 4.67 Å². The SMILES string of the molecule is CCN(CC)P(=NP(=O)(Cl)Cl)(Oc1ccccc1)Oc1ccccc1. The van der Waals surface area contributed by atoms with Gasteiger partial charge < -0.3 is 9.05 Å². The van der Waals surface area contributed by atoms with Crippen LogP contribution in [0.5, 0.6) is 11.5 Å². The van der Waals surface area contributed by atoms with Gasteiger partial charge in [0.1, 0.15) is 11.5 Å². The summed E-state index contributed by atoms with van der Waals surface area (Å²) in [6.45, 7) is 4.98. The van der Waals surface area contributed by atoms with Crippen LogP contribution in [-0.4, -0.2) is 17.8 Å². The lowest BCUT2D eigenvalue weighted by Gasteiger charge is -2.33. The van der Waals surface area contributed by atoms with Crippen molar-refractivity contribution in [2.24, 2.45) is 4.52 Å². The highest BCUT2D eigenvalue weighted by atomic mass is 35.9. The summed E-state index contributed by atoms with van der Waals surface area (Å²) < 4.78 is 30.4. The lowest BCUT2D eigenvalue weighted by molar-refractivity contribution is 0.358. The fourth-order valence-corrected chi connectivity index (χ4v) is 7.29. The van der Waals surface area contributed by atoms with Crippen molar-refractivity contribution in [3.63, 3.8) is 0 Å². The first-order valence-electron chi connectivity index (χ1n) is 7.76. The van der Waals surface area contributed by atoms with E-state index in [4.69, 9.17) is 31.5 Å². The highest BCUT2D eigenvalue weighted by Crippen LogP contribution is 2.69. The molecule has 2 aromatic rings. The molecule has 0 heterocycles. The first-order valence-corrected chi connectivity index (χ1v) is 12.8. The van der Waals surface area contributed by atoms with Crippen LogP contribution >= 0.6 is 36.1 Å². The van der Waals surface area contributed by atoms with Crippen molar-refractivity contribution in [2.45, 2.75) is 13.8 Å². The van der Waals surface area contributed by atoms with Crippen molar-refractivity contribution in [1.29, 1.82) is 0 Å². The van der Waals surface area contributed by atoms with E-state index in [-0.39, 0.29) is 0 Å². The Labute approximate surface area is 158 Å². The van der Waals surface area contributed by atoms with Crippen LogP contribution in [0, 0.1) is 0 Å². The molecular formula is C16H20Cl2N2O3P2. The van der Waals surface area contributed by atoms with Gasteiger partial charge in [0.05, 0.1) is 0 Å². The first kappa shape index (κ1) is 20.4. The summed E-state index contributed by atoms with van der Waals surface area (Å²) in [6.07, 6.45) is 0. The smallest absolute Gasteiger partial charge is 0.405 e. The summed E-state index contributed by atoms with van der Waals surface area (Å²) in [5.74, 6) is -2.75. The molecule has 0 unspecified atom stereocenters. The van der Waals surface area contributed by atoms with E-state index in [0.717, 1.165) is 0 Å². The minimum absolute atomic E-state index is 0.532. The van der Waals surface area contributed by atoms with E-state index in [0.29, 0.717) is 24.6 Å². The van der Waals surface area contributed by atoms with Crippen molar-refractivity contribution in [1.82, 2.24) is 4.67 Å². The molecule has 0 spiro atoms. The molecule has 0 saturated carbocycles. The van der Waals surface area contributed by atoms with Crippen LogP contribution in [-0.2, 0) is 4.57 Å². The maximum atomic E-state index is 12.2. The summed E-state index contributed by atoms with van der Waals surface area (Å²) in [5, 5.41) is 0. The molecule has 0 N–H and O–H groups in total. The molecule has 0 fully saturated rings. The molecule has 0 bridgehead atoms. The van der Waals surface area contributed by atoms with Crippen LogP contribution in [0.4, 0.5) is 0 Å². The van der Waals surface area contributed by atoms with E-state index >= 15 is 0 Å². The Hall–Kier alpha value is -0.960. The Morgan fingerprint density at radius 2 is 1.28 bits per heavy atom. The molecule has 0 atom stereocenters. The van der Waals surface area contributed by atoms with Crippen molar-refractivity contribution >= 4 is 36.1 Å². The third-order valence-electron chi connectivity index (χ3n) is 3.24. The van der Waals surface area contributed by atoms with E-state index in [1.54, 1.807) is 24.3 Å². The van der Waals surface area contributed by atoms with Crippen LogP contribution in [0.15, 0.2) is 65.2 Å². The Bertz CT molecular complexity index is 720. The maximum absolute atomic E-state index is 12.2. The number of para-hydroxylation sites is 2. The Morgan fingerprint density at radius 3 is 1.60 bits per heavy atom. The van der Waals surface area contributed by atoms with Gasteiger partial charge in [-0.1, -0.05) is 50.2 Å². The van der Waals surface area contributed by atoms with Gasteiger partial charge >= 0.3 is 13.7 Å². The molecule has 0 aliphatic heterocycles. The first-order chi connectivity index (χ1) is 11.9. The fourth-order valence-electron chi connectivity index (χ4n) is 2.18. The number of benzene rings is 2. The van der Waals surface area contributed by atoms with E-state index in [1.165, 1.54) is 0 Å². The lowest BCUT2D eigenvalue weighted by atomic mass is 10.3. The standard InChI is InChI=1S/C16H20Cl2N2O3P2/c1-3-20(4-2)25(19-24(17,18)21,22-15-11-7-5-8-12-15)23-16-13-9-6-10-14-16/h5-14H,3-4H2,1-2H3. The van der Waals surface area contributed by atoms with Crippen molar-refractivity contribution in [3.05, 3.63) is 60.7 Å². The molecule has 0 saturated heterocycles. The number of hydrogen-bond acceptors (Lipinski definition) is 3. The number of hydrogen-bond donors (Lipinski definition) is 0.